The van der Waals surface area contributed by atoms with Crippen molar-refractivity contribution in [3.05, 3.63) is 47.0 Å². The van der Waals surface area contributed by atoms with Crippen LogP contribution in [0.1, 0.15) is 36.3 Å². The molecule has 0 saturated carbocycles. The molecule has 0 aromatic heterocycles. The summed E-state index contributed by atoms with van der Waals surface area (Å²) in [6.07, 6.45) is 5.92. The largest absolute Gasteiger partial charge is 0.390 e. The smallest absolute Gasteiger partial charge is 0.126 e. The number of allylic oxidation sites excluding steroid dienone is 1. The Kier molecular flexibility index (Phi) is 5.14. The maximum absolute atomic E-state index is 13.8. The third-order valence-electron chi connectivity index (χ3n) is 3.73. The summed E-state index contributed by atoms with van der Waals surface area (Å²) in [6.45, 7) is 0. The van der Waals surface area contributed by atoms with Crippen LogP contribution in [-0.4, -0.2) is 12.9 Å². The highest BCUT2D eigenvalue weighted by atomic mass is 32.1. The topological polar surface area (TPSA) is 24.1 Å². The van der Waals surface area contributed by atoms with Crippen LogP contribution in [0.25, 0.3) is 0 Å². The summed E-state index contributed by atoms with van der Waals surface area (Å²) in [5.41, 5.74) is 3.23. The lowest BCUT2D eigenvalue weighted by molar-refractivity contribution is 0.511. The predicted octanol–water partition coefficient (Wildman–Crippen LogP) is 3.17. The molecule has 1 unspecified atom stereocenters. The van der Waals surface area contributed by atoms with Crippen LogP contribution in [0.15, 0.2) is 30.1 Å². The Labute approximate surface area is 119 Å². The van der Waals surface area contributed by atoms with Gasteiger partial charge in [0.15, 0.2) is 0 Å². The lowest BCUT2D eigenvalue weighted by atomic mass is 9.80. The molecular weight excluding hydrogens is 259 g/mol. The average molecular weight is 280 g/mol. The van der Waals surface area contributed by atoms with Gasteiger partial charge in [-0.15, -0.1) is 0 Å². The molecule has 0 aliphatic heterocycles. The second-order valence-corrected chi connectivity index (χ2v) is 5.20. The SMILES string of the molecule is CN/C(=C\NCS)CC1CCCc2c(F)cccc21. The van der Waals surface area contributed by atoms with Gasteiger partial charge in [-0.05, 0) is 48.8 Å². The van der Waals surface area contributed by atoms with Gasteiger partial charge in [0.25, 0.3) is 0 Å². The molecule has 0 bridgehead atoms. The van der Waals surface area contributed by atoms with E-state index in [1.54, 1.807) is 6.07 Å². The molecular formula is C15H21FN2S. The average Bonchev–Trinajstić information content (AvgIpc) is 2.44. The molecule has 0 heterocycles. The molecule has 19 heavy (non-hydrogen) atoms. The lowest BCUT2D eigenvalue weighted by Gasteiger charge is -2.26. The monoisotopic (exact) mass is 280 g/mol. The maximum Gasteiger partial charge on any atom is 0.126 e. The van der Waals surface area contributed by atoms with Crippen LogP contribution in [0.4, 0.5) is 4.39 Å². The van der Waals surface area contributed by atoms with Gasteiger partial charge in [0.2, 0.25) is 0 Å². The van der Waals surface area contributed by atoms with Crippen LogP contribution < -0.4 is 10.6 Å². The van der Waals surface area contributed by atoms with E-state index in [0.717, 1.165) is 36.9 Å². The van der Waals surface area contributed by atoms with E-state index in [-0.39, 0.29) is 5.82 Å². The van der Waals surface area contributed by atoms with Gasteiger partial charge >= 0.3 is 0 Å². The molecule has 104 valence electrons. The number of benzene rings is 1. The van der Waals surface area contributed by atoms with Gasteiger partial charge in [0.1, 0.15) is 5.82 Å². The lowest BCUT2D eigenvalue weighted by Crippen LogP contribution is -2.18. The second-order valence-electron chi connectivity index (χ2n) is 4.88. The number of hydrogen-bond donors (Lipinski definition) is 3. The van der Waals surface area contributed by atoms with Gasteiger partial charge in [0, 0.05) is 18.9 Å². The minimum atomic E-state index is -0.0503. The number of hydrogen-bond acceptors (Lipinski definition) is 3. The molecule has 0 fully saturated rings. The van der Waals surface area contributed by atoms with Crippen molar-refractivity contribution in [3.8, 4) is 0 Å². The summed E-state index contributed by atoms with van der Waals surface area (Å²) in [4.78, 5) is 0. The third-order valence-corrected chi connectivity index (χ3v) is 3.91. The van der Waals surface area contributed by atoms with Gasteiger partial charge in [-0.25, -0.2) is 4.39 Å². The third kappa shape index (κ3) is 3.44. The first-order chi connectivity index (χ1) is 9.26. The predicted molar refractivity (Wildman–Crippen MR) is 80.8 cm³/mol. The Morgan fingerprint density at radius 3 is 3.11 bits per heavy atom. The summed E-state index contributed by atoms with van der Waals surface area (Å²) in [5, 5.41) is 6.29. The summed E-state index contributed by atoms with van der Waals surface area (Å²) in [6, 6.07) is 5.46. The fraction of sp³-hybridized carbons (Fsp3) is 0.467. The summed E-state index contributed by atoms with van der Waals surface area (Å²) < 4.78 is 13.8. The number of halogens is 1. The van der Waals surface area contributed by atoms with Crippen molar-refractivity contribution in [2.45, 2.75) is 31.6 Å². The van der Waals surface area contributed by atoms with Gasteiger partial charge in [0.05, 0.1) is 5.88 Å². The molecule has 0 amide bonds. The van der Waals surface area contributed by atoms with Crippen molar-refractivity contribution in [1.82, 2.24) is 10.6 Å². The van der Waals surface area contributed by atoms with Crippen molar-refractivity contribution in [3.63, 3.8) is 0 Å². The number of rotatable bonds is 5. The summed E-state index contributed by atoms with van der Waals surface area (Å²) in [7, 11) is 1.92. The van der Waals surface area contributed by atoms with Crippen LogP contribution in [0.5, 0.6) is 0 Å². The van der Waals surface area contributed by atoms with E-state index in [1.807, 2.05) is 19.3 Å². The molecule has 1 aliphatic rings. The van der Waals surface area contributed by atoms with Crippen LogP contribution >= 0.6 is 12.6 Å². The van der Waals surface area contributed by atoms with Crippen LogP contribution in [0, 0.1) is 5.82 Å². The molecule has 1 aromatic carbocycles. The molecule has 1 atom stereocenters. The fourth-order valence-electron chi connectivity index (χ4n) is 2.78. The zero-order valence-corrected chi connectivity index (χ0v) is 12.1. The van der Waals surface area contributed by atoms with E-state index in [4.69, 9.17) is 0 Å². The fourth-order valence-corrected chi connectivity index (χ4v) is 2.87. The molecule has 0 radical (unpaired) electrons. The van der Waals surface area contributed by atoms with Crippen molar-refractivity contribution in [2.24, 2.45) is 0 Å². The molecule has 2 nitrogen and oxygen atoms in total. The van der Waals surface area contributed by atoms with Crippen molar-refractivity contribution in [1.29, 1.82) is 0 Å². The number of thiol groups is 1. The van der Waals surface area contributed by atoms with E-state index in [2.05, 4.69) is 29.3 Å². The minimum Gasteiger partial charge on any atom is -0.390 e. The minimum absolute atomic E-state index is 0.0503. The molecule has 4 heteroatoms. The van der Waals surface area contributed by atoms with Gasteiger partial charge < -0.3 is 10.6 Å². The Bertz CT molecular complexity index is 459. The Balaban J connectivity index is 2.17. The van der Waals surface area contributed by atoms with Gasteiger partial charge in [-0.2, -0.15) is 12.6 Å². The standard InChI is InChI=1S/C15H21FN2S/c1-17-12(9-18-10-19)8-11-4-2-6-14-13(11)5-3-7-15(14)16/h3,5,7,9,11,17-19H,2,4,6,8,10H2,1H3/b12-9-. The first-order valence-corrected chi connectivity index (χ1v) is 7.37. The van der Waals surface area contributed by atoms with E-state index in [0.29, 0.717) is 11.8 Å². The molecule has 1 aliphatic carbocycles. The Hall–Kier alpha value is -1.16. The zero-order valence-electron chi connectivity index (χ0n) is 11.2. The Morgan fingerprint density at radius 1 is 1.53 bits per heavy atom. The molecule has 2 rings (SSSR count). The van der Waals surface area contributed by atoms with Crippen LogP contribution in [0.2, 0.25) is 0 Å². The highest BCUT2D eigenvalue weighted by Gasteiger charge is 2.23. The first-order valence-electron chi connectivity index (χ1n) is 6.74. The van der Waals surface area contributed by atoms with Crippen molar-refractivity contribution in [2.75, 3.05) is 12.9 Å². The first kappa shape index (κ1) is 14.3. The van der Waals surface area contributed by atoms with Crippen molar-refractivity contribution < 1.29 is 4.39 Å². The normalized spacial score (nSPS) is 18.9. The summed E-state index contributed by atoms with van der Waals surface area (Å²) >= 11 is 4.13. The van der Waals surface area contributed by atoms with Gasteiger partial charge in [-0.1, -0.05) is 12.1 Å². The quantitative estimate of drug-likeness (QED) is 0.570. The molecule has 0 saturated heterocycles. The maximum atomic E-state index is 13.8. The van der Waals surface area contributed by atoms with Crippen LogP contribution in [-0.2, 0) is 6.42 Å². The molecule has 1 aromatic rings. The Morgan fingerprint density at radius 2 is 2.37 bits per heavy atom. The van der Waals surface area contributed by atoms with E-state index in [9.17, 15) is 4.39 Å². The van der Waals surface area contributed by atoms with Crippen LogP contribution in [0.3, 0.4) is 0 Å². The zero-order chi connectivity index (χ0) is 13.7. The van der Waals surface area contributed by atoms with Crippen molar-refractivity contribution >= 4 is 12.6 Å². The van der Waals surface area contributed by atoms with E-state index in [1.165, 1.54) is 5.56 Å². The van der Waals surface area contributed by atoms with E-state index >= 15 is 0 Å². The second kappa shape index (κ2) is 6.85. The molecule has 2 N–H and O–H groups in total. The van der Waals surface area contributed by atoms with E-state index < -0.39 is 0 Å². The summed E-state index contributed by atoms with van der Waals surface area (Å²) in [5.74, 6) is 0.965. The highest BCUT2D eigenvalue weighted by molar-refractivity contribution is 7.80. The number of nitrogens with one attached hydrogen (secondary N) is 2. The highest BCUT2D eigenvalue weighted by Crippen LogP contribution is 2.36. The number of fused-ring (bicyclic) bond motifs is 1. The van der Waals surface area contributed by atoms with Gasteiger partial charge in [-0.3, -0.25) is 0 Å². The molecule has 0 spiro atoms.